The fourth-order valence-electron chi connectivity index (χ4n) is 3.94. The number of likely N-dealkylation sites (N-methyl/N-ethyl adjacent to an activating group) is 1. The van der Waals surface area contributed by atoms with Crippen LogP contribution in [-0.2, 0) is 0 Å². The molecule has 1 aliphatic heterocycles. The first-order valence-corrected chi connectivity index (χ1v) is 8.03. The van der Waals surface area contributed by atoms with Crippen LogP contribution in [0.25, 0.3) is 0 Å². The van der Waals surface area contributed by atoms with Crippen LogP contribution in [0.15, 0.2) is 0 Å². The Labute approximate surface area is 114 Å². The minimum atomic E-state index is 0.538. The zero-order valence-electron chi connectivity index (χ0n) is 12.8. The first-order valence-electron chi connectivity index (χ1n) is 8.03. The SMILES string of the molecule is CCNC1CCC(CC)CC1N1CCC(C)(C)C1. The van der Waals surface area contributed by atoms with Gasteiger partial charge in [-0.25, -0.2) is 0 Å². The Kier molecular flexibility index (Phi) is 4.71. The summed E-state index contributed by atoms with van der Waals surface area (Å²) in [7, 11) is 0. The van der Waals surface area contributed by atoms with Crippen molar-refractivity contribution in [2.75, 3.05) is 19.6 Å². The van der Waals surface area contributed by atoms with Gasteiger partial charge in [0, 0.05) is 18.6 Å². The summed E-state index contributed by atoms with van der Waals surface area (Å²) in [5.74, 6) is 0.966. The van der Waals surface area contributed by atoms with Gasteiger partial charge in [-0.2, -0.15) is 0 Å². The van der Waals surface area contributed by atoms with Crippen molar-refractivity contribution in [2.24, 2.45) is 11.3 Å². The lowest BCUT2D eigenvalue weighted by Gasteiger charge is -2.42. The van der Waals surface area contributed by atoms with Crippen molar-refractivity contribution >= 4 is 0 Å². The molecule has 1 aliphatic carbocycles. The number of nitrogens with zero attached hydrogens (tertiary/aromatic N) is 1. The van der Waals surface area contributed by atoms with E-state index in [-0.39, 0.29) is 0 Å². The maximum atomic E-state index is 3.74. The molecule has 0 spiro atoms. The summed E-state index contributed by atoms with van der Waals surface area (Å²) in [5, 5.41) is 3.74. The third-order valence-corrected chi connectivity index (χ3v) is 5.14. The van der Waals surface area contributed by atoms with E-state index in [0.29, 0.717) is 5.41 Å². The van der Waals surface area contributed by atoms with Gasteiger partial charge in [0.05, 0.1) is 0 Å². The van der Waals surface area contributed by atoms with Crippen LogP contribution >= 0.6 is 0 Å². The van der Waals surface area contributed by atoms with E-state index in [1.807, 2.05) is 0 Å². The summed E-state index contributed by atoms with van der Waals surface area (Å²) in [6.45, 7) is 13.2. The van der Waals surface area contributed by atoms with E-state index in [1.165, 1.54) is 45.2 Å². The van der Waals surface area contributed by atoms with Gasteiger partial charge in [-0.3, -0.25) is 4.90 Å². The lowest BCUT2D eigenvalue weighted by Crippen LogP contribution is -2.52. The predicted octanol–water partition coefficient (Wildman–Crippen LogP) is 3.28. The second-order valence-corrected chi connectivity index (χ2v) is 7.20. The van der Waals surface area contributed by atoms with Crippen LogP contribution in [0.3, 0.4) is 0 Å². The zero-order valence-corrected chi connectivity index (χ0v) is 12.8. The summed E-state index contributed by atoms with van der Waals surface area (Å²) >= 11 is 0. The van der Waals surface area contributed by atoms with Crippen LogP contribution in [0.1, 0.15) is 59.8 Å². The summed E-state index contributed by atoms with van der Waals surface area (Å²) < 4.78 is 0. The molecule has 0 aromatic carbocycles. The molecule has 3 atom stereocenters. The first kappa shape index (κ1) is 14.3. The Balaban J connectivity index is 2.00. The van der Waals surface area contributed by atoms with Gasteiger partial charge in [-0.1, -0.05) is 34.1 Å². The minimum absolute atomic E-state index is 0.538. The monoisotopic (exact) mass is 252 g/mol. The average Bonchev–Trinajstić information content (AvgIpc) is 2.70. The van der Waals surface area contributed by atoms with Crippen LogP contribution in [0.4, 0.5) is 0 Å². The third-order valence-electron chi connectivity index (χ3n) is 5.14. The fraction of sp³-hybridized carbons (Fsp3) is 1.00. The summed E-state index contributed by atoms with van der Waals surface area (Å²) in [4.78, 5) is 2.79. The number of nitrogens with one attached hydrogen (secondary N) is 1. The van der Waals surface area contributed by atoms with Gasteiger partial charge >= 0.3 is 0 Å². The highest BCUT2D eigenvalue weighted by Crippen LogP contribution is 2.36. The lowest BCUT2D eigenvalue weighted by atomic mass is 9.80. The maximum Gasteiger partial charge on any atom is 0.0252 e. The summed E-state index contributed by atoms with van der Waals surface area (Å²) in [6, 6.07) is 1.54. The van der Waals surface area contributed by atoms with Gasteiger partial charge in [-0.05, 0) is 50.1 Å². The van der Waals surface area contributed by atoms with Crippen molar-refractivity contribution in [2.45, 2.75) is 71.9 Å². The standard InChI is InChI=1S/C16H32N2/c1-5-13-7-8-14(17-6-2)15(11-13)18-10-9-16(3,4)12-18/h13-15,17H,5-12H2,1-4H3. The second kappa shape index (κ2) is 5.92. The van der Waals surface area contributed by atoms with Gasteiger partial charge in [-0.15, -0.1) is 0 Å². The van der Waals surface area contributed by atoms with Crippen LogP contribution in [0, 0.1) is 11.3 Å². The maximum absolute atomic E-state index is 3.74. The molecule has 1 saturated carbocycles. The topological polar surface area (TPSA) is 15.3 Å². The molecule has 0 bridgehead atoms. The van der Waals surface area contributed by atoms with E-state index >= 15 is 0 Å². The highest BCUT2D eigenvalue weighted by Gasteiger charge is 2.39. The molecule has 2 fully saturated rings. The third kappa shape index (κ3) is 3.27. The number of hydrogen-bond donors (Lipinski definition) is 1. The summed E-state index contributed by atoms with van der Waals surface area (Å²) in [6.07, 6.45) is 6.98. The van der Waals surface area contributed by atoms with Crippen molar-refractivity contribution < 1.29 is 0 Å². The summed E-state index contributed by atoms with van der Waals surface area (Å²) in [5.41, 5.74) is 0.538. The number of likely N-dealkylation sites (tertiary alicyclic amines) is 1. The number of rotatable bonds is 4. The molecule has 2 rings (SSSR count). The lowest BCUT2D eigenvalue weighted by molar-refractivity contribution is 0.108. The first-order chi connectivity index (χ1) is 8.55. The largest absolute Gasteiger partial charge is 0.313 e. The van der Waals surface area contributed by atoms with E-state index in [1.54, 1.807) is 0 Å². The molecular formula is C16H32N2. The van der Waals surface area contributed by atoms with Crippen molar-refractivity contribution in [1.29, 1.82) is 0 Å². The highest BCUT2D eigenvalue weighted by atomic mass is 15.2. The highest BCUT2D eigenvalue weighted by molar-refractivity contribution is 4.95. The van der Waals surface area contributed by atoms with E-state index in [4.69, 9.17) is 0 Å². The molecule has 1 N–H and O–H groups in total. The van der Waals surface area contributed by atoms with E-state index < -0.39 is 0 Å². The smallest absolute Gasteiger partial charge is 0.0252 e. The van der Waals surface area contributed by atoms with Crippen molar-refractivity contribution in [3.05, 3.63) is 0 Å². The molecule has 0 aromatic rings. The normalized spacial score (nSPS) is 37.0. The van der Waals surface area contributed by atoms with Crippen molar-refractivity contribution in [3.8, 4) is 0 Å². The molecule has 1 saturated heterocycles. The van der Waals surface area contributed by atoms with Crippen molar-refractivity contribution in [1.82, 2.24) is 10.2 Å². The van der Waals surface area contributed by atoms with Gasteiger partial charge in [0.2, 0.25) is 0 Å². The van der Waals surface area contributed by atoms with Crippen LogP contribution in [-0.4, -0.2) is 36.6 Å². The predicted molar refractivity (Wildman–Crippen MR) is 78.9 cm³/mol. The molecule has 0 radical (unpaired) electrons. The van der Waals surface area contributed by atoms with Crippen molar-refractivity contribution in [3.63, 3.8) is 0 Å². The number of hydrogen-bond acceptors (Lipinski definition) is 2. The molecule has 1 heterocycles. The molecule has 2 aliphatic rings. The van der Waals surface area contributed by atoms with Gasteiger partial charge < -0.3 is 5.32 Å². The second-order valence-electron chi connectivity index (χ2n) is 7.20. The van der Waals surface area contributed by atoms with Crippen LogP contribution in [0.2, 0.25) is 0 Å². The van der Waals surface area contributed by atoms with Gasteiger partial charge in [0.1, 0.15) is 0 Å². The van der Waals surface area contributed by atoms with Gasteiger partial charge in [0.25, 0.3) is 0 Å². The van der Waals surface area contributed by atoms with E-state index in [2.05, 4.69) is 37.9 Å². The Morgan fingerprint density at radius 1 is 1.22 bits per heavy atom. The molecule has 2 heteroatoms. The Bertz CT molecular complexity index is 262. The van der Waals surface area contributed by atoms with E-state index in [0.717, 1.165) is 24.5 Å². The quantitative estimate of drug-likeness (QED) is 0.826. The molecule has 2 nitrogen and oxygen atoms in total. The molecule has 0 amide bonds. The molecule has 18 heavy (non-hydrogen) atoms. The molecule has 0 aromatic heterocycles. The minimum Gasteiger partial charge on any atom is -0.313 e. The van der Waals surface area contributed by atoms with Crippen LogP contribution in [0.5, 0.6) is 0 Å². The average molecular weight is 252 g/mol. The van der Waals surface area contributed by atoms with E-state index in [9.17, 15) is 0 Å². The Morgan fingerprint density at radius 2 is 2.00 bits per heavy atom. The zero-order chi connectivity index (χ0) is 13.2. The Morgan fingerprint density at radius 3 is 2.56 bits per heavy atom. The van der Waals surface area contributed by atoms with Crippen LogP contribution < -0.4 is 5.32 Å². The molecule has 106 valence electrons. The molecule has 3 unspecified atom stereocenters. The molecular weight excluding hydrogens is 220 g/mol. The fourth-order valence-corrected chi connectivity index (χ4v) is 3.94. The van der Waals surface area contributed by atoms with Gasteiger partial charge in [0.15, 0.2) is 0 Å². The Hall–Kier alpha value is -0.0800.